The second-order valence-corrected chi connectivity index (χ2v) is 7.48. The largest absolute Gasteiger partial charge is 0.452 e. The van der Waals surface area contributed by atoms with E-state index < -0.39 is 5.97 Å². The first-order valence-electron chi connectivity index (χ1n) is 9.84. The molecule has 1 heterocycles. The molecule has 28 heavy (non-hydrogen) atoms. The fourth-order valence-corrected chi connectivity index (χ4v) is 3.87. The lowest BCUT2D eigenvalue weighted by Crippen LogP contribution is -2.33. The maximum atomic E-state index is 13.2. The van der Waals surface area contributed by atoms with Gasteiger partial charge < -0.3 is 14.6 Å². The Labute approximate surface area is 164 Å². The second-order valence-electron chi connectivity index (χ2n) is 7.48. The number of nitrogens with zero attached hydrogens (tertiary/aromatic N) is 1. The topological polar surface area (TPSA) is 60.3 Å². The summed E-state index contributed by atoms with van der Waals surface area (Å²) in [6, 6.07) is 7.79. The molecule has 0 spiro atoms. The molecule has 1 aliphatic rings. The fourth-order valence-electron chi connectivity index (χ4n) is 3.87. The average molecular weight is 386 g/mol. The Hall–Kier alpha value is -2.63. The van der Waals surface area contributed by atoms with Crippen molar-refractivity contribution in [2.45, 2.75) is 46.0 Å². The smallest absolute Gasteiger partial charge is 0.340 e. The van der Waals surface area contributed by atoms with E-state index in [0.717, 1.165) is 24.2 Å². The van der Waals surface area contributed by atoms with Gasteiger partial charge in [-0.1, -0.05) is 19.3 Å². The third-order valence-corrected chi connectivity index (χ3v) is 5.38. The lowest BCUT2D eigenvalue weighted by Gasteiger charge is -2.21. The highest BCUT2D eigenvalue weighted by Crippen LogP contribution is 2.23. The Kier molecular flexibility index (Phi) is 6.49. The van der Waals surface area contributed by atoms with Gasteiger partial charge in [0.15, 0.2) is 6.61 Å². The van der Waals surface area contributed by atoms with Gasteiger partial charge in [-0.2, -0.15) is 0 Å². The molecule has 5 nitrogen and oxygen atoms in total. The number of carbonyl (C=O) groups excluding carboxylic acids is 2. The number of aromatic nitrogens is 1. The van der Waals surface area contributed by atoms with Gasteiger partial charge >= 0.3 is 5.97 Å². The molecule has 1 aliphatic carbocycles. The van der Waals surface area contributed by atoms with E-state index in [2.05, 4.69) is 5.32 Å². The molecule has 0 saturated heterocycles. The zero-order chi connectivity index (χ0) is 20.1. The van der Waals surface area contributed by atoms with E-state index in [-0.39, 0.29) is 18.3 Å². The minimum absolute atomic E-state index is 0.272. The fraction of sp³-hybridized carbons (Fsp3) is 0.455. The summed E-state index contributed by atoms with van der Waals surface area (Å²) in [5, 5.41) is 2.86. The summed E-state index contributed by atoms with van der Waals surface area (Å²) in [5.41, 5.74) is 2.69. The van der Waals surface area contributed by atoms with E-state index in [1.807, 2.05) is 11.5 Å². The molecule has 150 valence electrons. The molecule has 1 aromatic carbocycles. The van der Waals surface area contributed by atoms with E-state index >= 15 is 0 Å². The second kappa shape index (κ2) is 9.04. The number of hydrogen-bond donors (Lipinski definition) is 1. The SMILES string of the molecule is Cc1cc(C(=O)OCC(=O)NCC2CCCCC2)c(C)n1-c1ccc(F)cc1. The van der Waals surface area contributed by atoms with Crippen LogP contribution in [0.15, 0.2) is 30.3 Å². The molecule has 2 aromatic rings. The minimum atomic E-state index is -0.533. The Morgan fingerprint density at radius 2 is 1.82 bits per heavy atom. The number of benzene rings is 1. The molecule has 1 saturated carbocycles. The molecule has 0 unspecified atom stereocenters. The summed E-state index contributed by atoms with van der Waals surface area (Å²) in [6.07, 6.45) is 6.02. The van der Waals surface area contributed by atoms with Crippen LogP contribution in [0.5, 0.6) is 0 Å². The first kappa shape index (κ1) is 20.1. The van der Waals surface area contributed by atoms with Crippen LogP contribution in [0.25, 0.3) is 5.69 Å². The first-order valence-corrected chi connectivity index (χ1v) is 9.84. The number of nitrogens with one attached hydrogen (secondary N) is 1. The highest BCUT2D eigenvalue weighted by molar-refractivity contribution is 5.93. The van der Waals surface area contributed by atoms with Gasteiger partial charge in [-0.3, -0.25) is 4.79 Å². The highest BCUT2D eigenvalue weighted by atomic mass is 19.1. The number of aryl methyl sites for hydroxylation is 1. The number of ether oxygens (including phenoxy) is 1. The molecule has 1 amide bonds. The van der Waals surface area contributed by atoms with Crippen LogP contribution in [0.3, 0.4) is 0 Å². The molecule has 1 N–H and O–H groups in total. The van der Waals surface area contributed by atoms with Gasteiger partial charge in [-0.25, -0.2) is 9.18 Å². The van der Waals surface area contributed by atoms with E-state index in [0.29, 0.717) is 23.7 Å². The molecule has 0 atom stereocenters. The van der Waals surface area contributed by atoms with Crippen LogP contribution >= 0.6 is 0 Å². The quantitative estimate of drug-likeness (QED) is 0.761. The number of esters is 1. The van der Waals surface area contributed by atoms with Crippen LogP contribution in [0.2, 0.25) is 0 Å². The normalized spacial score (nSPS) is 14.7. The number of rotatable bonds is 6. The van der Waals surface area contributed by atoms with Crippen molar-refractivity contribution in [3.63, 3.8) is 0 Å². The molecule has 0 bridgehead atoms. The van der Waals surface area contributed by atoms with Crippen molar-refractivity contribution in [1.82, 2.24) is 9.88 Å². The van der Waals surface area contributed by atoms with E-state index in [1.54, 1.807) is 25.1 Å². The zero-order valence-electron chi connectivity index (χ0n) is 16.5. The van der Waals surface area contributed by atoms with Crippen LogP contribution in [-0.4, -0.2) is 29.6 Å². The van der Waals surface area contributed by atoms with Crippen molar-refractivity contribution < 1.29 is 18.7 Å². The Morgan fingerprint density at radius 3 is 2.50 bits per heavy atom. The van der Waals surface area contributed by atoms with E-state index in [4.69, 9.17) is 4.74 Å². The summed E-state index contributed by atoms with van der Waals surface area (Å²) in [6.45, 7) is 4.03. The summed E-state index contributed by atoms with van der Waals surface area (Å²) in [5.74, 6) is -0.589. The molecule has 3 rings (SSSR count). The highest BCUT2D eigenvalue weighted by Gasteiger charge is 2.19. The van der Waals surface area contributed by atoms with Gasteiger partial charge in [-0.05, 0) is 62.9 Å². The summed E-state index contributed by atoms with van der Waals surface area (Å²) in [7, 11) is 0. The van der Waals surface area contributed by atoms with Crippen molar-refractivity contribution >= 4 is 11.9 Å². The predicted octanol–water partition coefficient (Wildman–Crippen LogP) is 4.09. The molecule has 1 aromatic heterocycles. The van der Waals surface area contributed by atoms with Crippen LogP contribution in [0.4, 0.5) is 4.39 Å². The van der Waals surface area contributed by atoms with Gasteiger partial charge in [0.05, 0.1) is 5.56 Å². The van der Waals surface area contributed by atoms with E-state index in [9.17, 15) is 14.0 Å². The standard InChI is InChI=1S/C22H27FN2O3/c1-15-12-20(16(2)25(15)19-10-8-18(23)9-11-19)22(27)28-14-21(26)24-13-17-6-4-3-5-7-17/h8-12,17H,3-7,13-14H2,1-2H3,(H,24,26). The maximum absolute atomic E-state index is 13.2. The van der Waals surface area contributed by atoms with Gasteiger partial charge in [0.1, 0.15) is 5.82 Å². The Morgan fingerprint density at radius 1 is 1.14 bits per heavy atom. The van der Waals surface area contributed by atoms with Crippen molar-refractivity contribution in [2.75, 3.05) is 13.2 Å². The van der Waals surface area contributed by atoms with Crippen LogP contribution in [-0.2, 0) is 9.53 Å². The zero-order valence-corrected chi connectivity index (χ0v) is 16.5. The molecule has 0 radical (unpaired) electrons. The van der Waals surface area contributed by atoms with Gasteiger partial charge in [-0.15, -0.1) is 0 Å². The Balaban J connectivity index is 1.57. The predicted molar refractivity (Wildman–Crippen MR) is 105 cm³/mol. The number of halogens is 1. The Bertz CT molecular complexity index is 836. The lowest BCUT2D eigenvalue weighted by atomic mass is 9.89. The van der Waals surface area contributed by atoms with Gasteiger partial charge in [0.25, 0.3) is 5.91 Å². The number of amides is 1. The van der Waals surface area contributed by atoms with Crippen molar-refractivity contribution in [2.24, 2.45) is 5.92 Å². The summed E-state index contributed by atoms with van der Waals surface area (Å²) >= 11 is 0. The molecule has 1 fully saturated rings. The molecular weight excluding hydrogens is 359 g/mol. The van der Waals surface area contributed by atoms with Crippen molar-refractivity contribution in [3.05, 3.63) is 53.1 Å². The van der Waals surface area contributed by atoms with Crippen LogP contribution in [0, 0.1) is 25.6 Å². The lowest BCUT2D eigenvalue weighted by molar-refractivity contribution is -0.124. The third-order valence-electron chi connectivity index (χ3n) is 5.38. The van der Waals surface area contributed by atoms with Crippen molar-refractivity contribution in [3.8, 4) is 5.69 Å². The van der Waals surface area contributed by atoms with Crippen LogP contribution in [0.1, 0.15) is 53.8 Å². The summed E-state index contributed by atoms with van der Waals surface area (Å²) < 4.78 is 20.2. The first-order chi connectivity index (χ1) is 13.5. The molecular formula is C22H27FN2O3. The number of carbonyl (C=O) groups is 2. The van der Waals surface area contributed by atoms with Gasteiger partial charge in [0.2, 0.25) is 0 Å². The van der Waals surface area contributed by atoms with Gasteiger partial charge in [0, 0.05) is 23.6 Å². The summed E-state index contributed by atoms with van der Waals surface area (Å²) in [4.78, 5) is 24.5. The third kappa shape index (κ3) is 4.80. The average Bonchev–Trinajstić information content (AvgIpc) is 3.00. The minimum Gasteiger partial charge on any atom is -0.452 e. The monoisotopic (exact) mass is 386 g/mol. The maximum Gasteiger partial charge on any atom is 0.340 e. The van der Waals surface area contributed by atoms with Crippen LogP contribution < -0.4 is 5.32 Å². The molecule has 0 aliphatic heterocycles. The van der Waals surface area contributed by atoms with E-state index in [1.165, 1.54) is 31.4 Å². The molecule has 6 heteroatoms. The number of hydrogen-bond acceptors (Lipinski definition) is 3. The van der Waals surface area contributed by atoms with Crippen molar-refractivity contribution in [1.29, 1.82) is 0 Å².